The molecule has 31 heavy (non-hydrogen) atoms. The predicted octanol–water partition coefficient (Wildman–Crippen LogP) is 3.13. The van der Waals surface area contributed by atoms with Gasteiger partial charge in [0, 0.05) is 0 Å². The summed E-state index contributed by atoms with van der Waals surface area (Å²) < 4.78 is 45.7. The van der Waals surface area contributed by atoms with Crippen molar-refractivity contribution in [2.24, 2.45) is 0 Å². The highest BCUT2D eigenvalue weighted by Crippen LogP contribution is 2.31. The third kappa shape index (κ3) is 4.48. The van der Waals surface area contributed by atoms with Gasteiger partial charge in [-0.05, 0) is 30.3 Å². The molecule has 3 aromatic heterocycles. The van der Waals surface area contributed by atoms with E-state index in [1.165, 1.54) is 24.6 Å². The number of halogens is 3. The van der Waals surface area contributed by atoms with Crippen molar-refractivity contribution in [3.8, 4) is 5.69 Å². The van der Waals surface area contributed by atoms with Crippen LogP contribution in [0.2, 0.25) is 0 Å². The molecule has 0 aliphatic rings. The van der Waals surface area contributed by atoms with E-state index >= 15 is 0 Å². The van der Waals surface area contributed by atoms with Crippen LogP contribution in [0.15, 0.2) is 63.2 Å². The Bertz CT molecular complexity index is 1280. The summed E-state index contributed by atoms with van der Waals surface area (Å²) in [5, 5.41) is 9.15. The molecule has 0 fully saturated rings. The van der Waals surface area contributed by atoms with Gasteiger partial charge in [0.2, 0.25) is 5.91 Å². The van der Waals surface area contributed by atoms with Gasteiger partial charge in [0.15, 0.2) is 10.8 Å². The van der Waals surface area contributed by atoms with Crippen molar-refractivity contribution in [1.29, 1.82) is 0 Å². The van der Waals surface area contributed by atoms with Gasteiger partial charge in [-0.1, -0.05) is 17.8 Å². The number of nitrogens with one attached hydrogen (secondary N) is 2. The Labute approximate surface area is 176 Å². The summed E-state index contributed by atoms with van der Waals surface area (Å²) in [5.74, 6) is 0.0818. The van der Waals surface area contributed by atoms with E-state index in [4.69, 9.17) is 4.42 Å². The molecule has 160 valence electrons. The summed E-state index contributed by atoms with van der Waals surface area (Å²) in [6.45, 7) is 0.180. The summed E-state index contributed by atoms with van der Waals surface area (Å²) in [6.07, 6.45) is -1.85. The SMILES string of the molecule is O=C(CSc1nc2[nH]ncc2c(=O)n1-c1cccc(C(F)(F)F)c1)NCc1ccco1. The number of hydrogen-bond acceptors (Lipinski definition) is 6. The smallest absolute Gasteiger partial charge is 0.416 e. The second-order valence-electron chi connectivity index (χ2n) is 6.36. The van der Waals surface area contributed by atoms with E-state index in [0.717, 1.165) is 28.5 Å². The van der Waals surface area contributed by atoms with Crippen molar-refractivity contribution in [3.63, 3.8) is 0 Å². The molecule has 0 atom stereocenters. The minimum absolute atomic E-state index is 0.0195. The molecule has 0 saturated heterocycles. The van der Waals surface area contributed by atoms with Crippen LogP contribution in [-0.4, -0.2) is 31.4 Å². The van der Waals surface area contributed by atoms with E-state index in [-0.39, 0.29) is 40.1 Å². The number of rotatable bonds is 6. The van der Waals surface area contributed by atoms with Gasteiger partial charge in [0.05, 0.1) is 36.0 Å². The van der Waals surface area contributed by atoms with Gasteiger partial charge >= 0.3 is 6.18 Å². The second-order valence-corrected chi connectivity index (χ2v) is 7.30. The molecule has 0 aliphatic heterocycles. The number of aromatic amines is 1. The maximum Gasteiger partial charge on any atom is 0.416 e. The summed E-state index contributed by atoms with van der Waals surface area (Å²) >= 11 is 0.913. The zero-order valence-corrected chi connectivity index (χ0v) is 16.5. The lowest BCUT2D eigenvalue weighted by Gasteiger charge is -2.14. The number of amides is 1. The Balaban J connectivity index is 1.65. The summed E-state index contributed by atoms with van der Waals surface area (Å²) in [6, 6.07) is 7.73. The highest BCUT2D eigenvalue weighted by molar-refractivity contribution is 7.99. The molecule has 1 aromatic carbocycles. The molecular formula is C19H14F3N5O3S. The fourth-order valence-electron chi connectivity index (χ4n) is 2.80. The number of alkyl halides is 3. The highest BCUT2D eigenvalue weighted by Gasteiger charge is 2.31. The van der Waals surface area contributed by atoms with Crippen LogP contribution in [0.5, 0.6) is 0 Å². The van der Waals surface area contributed by atoms with Gasteiger partial charge in [-0.3, -0.25) is 19.3 Å². The first-order valence-corrected chi connectivity index (χ1v) is 9.87. The topological polar surface area (TPSA) is 106 Å². The van der Waals surface area contributed by atoms with E-state index in [0.29, 0.717) is 5.76 Å². The summed E-state index contributed by atoms with van der Waals surface area (Å²) in [4.78, 5) is 29.4. The fourth-order valence-corrected chi connectivity index (χ4v) is 3.64. The minimum atomic E-state index is -4.58. The quantitative estimate of drug-likeness (QED) is 0.346. The highest BCUT2D eigenvalue weighted by atomic mass is 32.2. The number of thioether (sulfide) groups is 1. The van der Waals surface area contributed by atoms with Gasteiger partial charge < -0.3 is 9.73 Å². The van der Waals surface area contributed by atoms with E-state index < -0.39 is 17.3 Å². The normalized spacial score (nSPS) is 11.7. The second kappa shape index (κ2) is 8.30. The Kier molecular flexibility index (Phi) is 5.55. The molecule has 4 rings (SSSR count). The van der Waals surface area contributed by atoms with Crippen LogP contribution in [0.25, 0.3) is 16.7 Å². The van der Waals surface area contributed by atoms with Gasteiger partial charge in [-0.25, -0.2) is 4.98 Å². The average molecular weight is 449 g/mol. The standard InChI is InChI=1S/C19H14F3N5O3S/c20-19(21,22)11-3-1-4-12(7-11)27-17(29)14-9-24-26-16(14)25-18(27)31-10-15(28)23-8-13-5-2-6-30-13/h1-7,9H,8,10H2,(H,23,28)(H,24,26). The molecule has 0 aliphatic carbocycles. The van der Waals surface area contributed by atoms with Crippen LogP contribution >= 0.6 is 11.8 Å². The molecule has 4 aromatic rings. The lowest BCUT2D eigenvalue weighted by Crippen LogP contribution is -2.26. The number of carbonyl (C=O) groups excluding carboxylic acids is 1. The first kappa shape index (κ1) is 20.7. The maximum absolute atomic E-state index is 13.2. The lowest BCUT2D eigenvalue weighted by molar-refractivity contribution is -0.137. The van der Waals surface area contributed by atoms with Gasteiger partial charge in [0.25, 0.3) is 5.56 Å². The Morgan fingerprint density at radius 2 is 2.10 bits per heavy atom. The van der Waals surface area contributed by atoms with Crippen molar-refractivity contribution in [2.45, 2.75) is 17.9 Å². The van der Waals surface area contributed by atoms with Gasteiger partial charge in [-0.2, -0.15) is 18.3 Å². The zero-order chi connectivity index (χ0) is 22.0. The van der Waals surface area contributed by atoms with Crippen LogP contribution in [-0.2, 0) is 17.5 Å². The molecule has 0 spiro atoms. The van der Waals surface area contributed by atoms with Crippen LogP contribution in [0, 0.1) is 0 Å². The van der Waals surface area contributed by atoms with Gasteiger partial charge in [0.1, 0.15) is 11.1 Å². The molecular weight excluding hydrogens is 435 g/mol. The Morgan fingerprint density at radius 3 is 2.84 bits per heavy atom. The first-order valence-electron chi connectivity index (χ1n) is 8.88. The number of aromatic nitrogens is 4. The Morgan fingerprint density at radius 1 is 1.26 bits per heavy atom. The number of furan rings is 1. The van der Waals surface area contributed by atoms with Crippen molar-refractivity contribution < 1.29 is 22.4 Å². The third-order valence-corrected chi connectivity index (χ3v) is 5.19. The zero-order valence-electron chi connectivity index (χ0n) is 15.6. The van der Waals surface area contributed by atoms with Crippen molar-refractivity contribution >= 4 is 28.7 Å². The molecule has 1 amide bonds. The number of benzene rings is 1. The van der Waals surface area contributed by atoms with E-state index in [9.17, 15) is 22.8 Å². The van der Waals surface area contributed by atoms with Crippen LogP contribution in [0.3, 0.4) is 0 Å². The molecule has 0 saturated carbocycles. The maximum atomic E-state index is 13.2. The molecule has 2 N–H and O–H groups in total. The molecule has 0 unspecified atom stereocenters. The van der Waals surface area contributed by atoms with Crippen molar-refractivity contribution in [1.82, 2.24) is 25.1 Å². The van der Waals surface area contributed by atoms with E-state index in [2.05, 4.69) is 20.5 Å². The van der Waals surface area contributed by atoms with E-state index in [1.807, 2.05) is 0 Å². The summed E-state index contributed by atoms with van der Waals surface area (Å²) in [7, 11) is 0. The number of nitrogens with zero attached hydrogens (tertiary/aromatic N) is 3. The molecule has 3 heterocycles. The van der Waals surface area contributed by atoms with Crippen molar-refractivity contribution in [2.75, 3.05) is 5.75 Å². The number of hydrogen-bond donors (Lipinski definition) is 2. The minimum Gasteiger partial charge on any atom is -0.467 e. The van der Waals surface area contributed by atoms with Gasteiger partial charge in [-0.15, -0.1) is 0 Å². The van der Waals surface area contributed by atoms with E-state index in [1.54, 1.807) is 12.1 Å². The third-order valence-electron chi connectivity index (χ3n) is 4.26. The summed E-state index contributed by atoms with van der Waals surface area (Å²) in [5.41, 5.74) is -1.35. The molecule has 0 radical (unpaired) electrons. The predicted molar refractivity (Wildman–Crippen MR) is 106 cm³/mol. The lowest BCUT2D eigenvalue weighted by atomic mass is 10.2. The fraction of sp³-hybridized carbons (Fsp3) is 0.158. The molecule has 8 nitrogen and oxygen atoms in total. The average Bonchev–Trinajstić information content (AvgIpc) is 3.42. The van der Waals surface area contributed by atoms with Crippen LogP contribution < -0.4 is 10.9 Å². The number of H-pyrrole nitrogens is 1. The van der Waals surface area contributed by atoms with Crippen LogP contribution in [0.1, 0.15) is 11.3 Å². The monoisotopic (exact) mass is 449 g/mol. The first-order chi connectivity index (χ1) is 14.8. The largest absolute Gasteiger partial charge is 0.467 e. The molecule has 12 heteroatoms. The van der Waals surface area contributed by atoms with Crippen LogP contribution in [0.4, 0.5) is 13.2 Å². The Hall–Kier alpha value is -3.54. The number of fused-ring (bicyclic) bond motifs is 1. The molecule has 0 bridgehead atoms. The van der Waals surface area contributed by atoms with Crippen molar-refractivity contribution in [3.05, 3.63) is 70.5 Å². The number of carbonyl (C=O) groups is 1.